The summed E-state index contributed by atoms with van der Waals surface area (Å²) < 4.78 is 13.6. The number of carbonyl (C=O) groups excluding carboxylic acids is 1. The van der Waals surface area contributed by atoms with E-state index in [2.05, 4.69) is 10.3 Å². The number of benzene rings is 1. The van der Waals surface area contributed by atoms with Gasteiger partial charge < -0.3 is 10.4 Å². The molecule has 2 heterocycles. The maximum Gasteiger partial charge on any atom is 0.253 e. The van der Waals surface area contributed by atoms with Crippen LogP contribution in [0.5, 0.6) is 0 Å². The van der Waals surface area contributed by atoms with Gasteiger partial charge in [0.1, 0.15) is 5.82 Å². The Morgan fingerprint density at radius 1 is 1.52 bits per heavy atom. The Labute approximate surface area is 125 Å². The van der Waals surface area contributed by atoms with Crippen LogP contribution < -0.4 is 5.32 Å². The van der Waals surface area contributed by atoms with Crippen LogP contribution in [-0.4, -0.2) is 39.6 Å². The first-order valence-electron chi connectivity index (χ1n) is 6.70. The maximum absolute atomic E-state index is 13.6. The first-order valence-corrected chi connectivity index (χ1v) is 7.85. The topological polar surface area (TPSA) is 62.2 Å². The van der Waals surface area contributed by atoms with E-state index in [4.69, 9.17) is 0 Å². The summed E-state index contributed by atoms with van der Waals surface area (Å²) in [6.45, 7) is 0.170. The molecule has 0 aliphatic carbocycles. The highest BCUT2D eigenvalue weighted by atomic mass is 32.2. The Kier molecular flexibility index (Phi) is 3.82. The van der Waals surface area contributed by atoms with Gasteiger partial charge in [-0.25, -0.2) is 4.39 Å². The lowest BCUT2D eigenvalue weighted by Crippen LogP contribution is -2.43. The molecular weight excluding hydrogens is 291 g/mol. The summed E-state index contributed by atoms with van der Waals surface area (Å²) in [7, 11) is 0. The number of fused-ring (bicyclic) bond motifs is 1. The maximum atomic E-state index is 13.6. The number of halogens is 1. The molecule has 21 heavy (non-hydrogen) atoms. The molecule has 1 atom stereocenters. The number of hydrogen-bond donors (Lipinski definition) is 2. The highest BCUT2D eigenvalue weighted by Gasteiger charge is 2.32. The molecule has 1 unspecified atom stereocenters. The minimum absolute atomic E-state index is 0.170. The molecular formula is C15H15FN2O2S. The van der Waals surface area contributed by atoms with Gasteiger partial charge in [-0.15, -0.1) is 0 Å². The summed E-state index contributed by atoms with van der Waals surface area (Å²) in [5.74, 6) is 0.603. The molecule has 2 N–H and O–H groups in total. The van der Waals surface area contributed by atoms with Gasteiger partial charge in [0, 0.05) is 23.9 Å². The van der Waals surface area contributed by atoms with Gasteiger partial charge in [0.05, 0.1) is 16.7 Å². The summed E-state index contributed by atoms with van der Waals surface area (Å²) in [6, 6.07) is 5.93. The Morgan fingerprint density at radius 3 is 3.14 bits per heavy atom. The SMILES string of the molecule is O=C(NCC1(O)CCSC1)c1cc(F)cc2cccnc12. The van der Waals surface area contributed by atoms with Crippen molar-refractivity contribution in [3.05, 3.63) is 41.8 Å². The van der Waals surface area contributed by atoms with Crippen LogP contribution >= 0.6 is 11.8 Å². The van der Waals surface area contributed by atoms with Crippen LogP contribution in [0, 0.1) is 5.82 Å². The molecule has 3 rings (SSSR count). The number of nitrogens with one attached hydrogen (secondary N) is 1. The van der Waals surface area contributed by atoms with Gasteiger partial charge in [-0.2, -0.15) is 11.8 Å². The molecule has 1 saturated heterocycles. The highest BCUT2D eigenvalue weighted by molar-refractivity contribution is 7.99. The number of thioether (sulfide) groups is 1. The lowest BCUT2D eigenvalue weighted by atomic mass is 10.0. The van der Waals surface area contributed by atoms with E-state index in [1.807, 2.05) is 0 Å². The second kappa shape index (κ2) is 5.61. The molecule has 0 saturated carbocycles. The normalized spacial score (nSPS) is 21.6. The van der Waals surface area contributed by atoms with Gasteiger partial charge in [-0.3, -0.25) is 9.78 Å². The zero-order valence-corrected chi connectivity index (χ0v) is 12.1. The van der Waals surface area contributed by atoms with Crippen LogP contribution in [0.25, 0.3) is 10.9 Å². The molecule has 0 spiro atoms. The van der Waals surface area contributed by atoms with Gasteiger partial charge in [0.2, 0.25) is 0 Å². The largest absolute Gasteiger partial charge is 0.387 e. The highest BCUT2D eigenvalue weighted by Crippen LogP contribution is 2.27. The first kappa shape index (κ1) is 14.3. The second-order valence-corrected chi connectivity index (χ2v) is 6.34. The van der Waals surface area contributed by atoms with Crippen molar-refractivity contribution in [2.45, 2.75) is 12.0 Å². The van der Waals surface area contributed by atoms with Crippen LogP contribution in [0.3, 0.4) is 0 Å². The number of rotatable bonds is 3. The Hall–Kier alpha value is -1.66. The van der Waals surface area contributed by atoms with Crippen molar-refractivity contribution < 1.29 is 14.3 Å². The van der Waals surface area contributed by atoms with E-state index in [1.54, 1.807) is 30.1 Å². The number of pyridine rings is 1. The van der Waals surface area contributed by atoms with E-state index in [1.165, 1.54) is 12.1 Å². The van der Waals surface area contributed by atoms with Crippen LogP contribution in [0.2, 0.25) is 0 Å². The smallest absolute Gasteiger partial charge is 0.253 e. The van der Waals surface area contributed by atoms with Crippen LogP contribution in [-0.2, 0) is 0 Å². The van der Waals surface area contributed by atoms with Crippen LogP contribution in [0.1, 0.15) is 16.8 Å². The van der Waals surface area contributed by atoms with Crippen molar-refractivity contribution in [3.8, 4) is 0 Å². The van der Waals surface area contributed by atoms with Crippen LogP contribution in [0.4, 0.5) is 4.39 Å². The van der Waals surface area contributed by atoms with E-state index in [0.717, 1.165) is 5.75 Å². The van der Waals surface area contributed by atoms with E-state index in [-0.39, 0.29) is 12.1 Å². The molecule has 6 heteroatoms. The summed E-state index contributed by atoms with van der Waals surface area (Å²) in [5.41, 5.74) is -0.208. The second-order valence-electron chi connectivity index (χ2n) is 5.24. The van der Waals surface area contributed by atoms with E-state index < -0.39 is 17.3 Å². The van der Waals surface area contributed by atoms with Gasteiger partial charge in [0.25, 0.3) is 5.91 Å². The van der Waals surface area contributed by atoms with Gasteiger partial charge in [-0.1, -0.05) is 6.07 Å². The lowest BCUT2D eigenvalue weighted by Gasteiger charge is -2.21. The predicted molar refractivity (Wildman–Crippen MR) is 80.9 cm³/mol. The third kappa shape index (κ3) is 3.01. The summed E-state index contributed by atoms with van der Waals surface area (Å²) in [4.78, 5) is 16.4. The zero-order chi connectivity index (χ0) is 14.9. The molecule has 1 amide bonds. The third-order valence-electron chi connectivity index (χ3n) is 3.57. The first-order chi connectivity index (χ1) is 10.1. The molecule has 4 nitrogen and oxygen atoms in total. The standard InChI is InChI=1S/C15H15FN2O2S/c16-11-6-10-2-1-4-17-13(10)12(7-11)14(19)18-8-15(20)3-5-21-9-15/h1-2,4,6-7,20H,3,5,8-9H2,(H,18,19). The molecule has 1 aliphatic rings. The third-order valence-corrected chi connectivity index (χ3v) is 4.81. The number of aliphatic hydroxyl groups is 1. The minimum Gasteiger partial charge on any atom is -0.387 e. The fourth-order valence-electron chi connectivity index (χ4n) is 2.40. The zero-order valence-electron chi connectivity index (χ0n) is 11.3. The Bertz CT molecular complexity index is 686. The van der Waals surface area contributed by atoms with Crippen molar-refractivity contribution in [2.75, 3.05) is 18.1 Å². The molecule has 1 aromatic heterocycles. The summed E-state index contributed by atoms with van der Waals surface area (Å²) in [5, 5.41) is 13.5. The number of amides is 1. The lowest BCUT2D eigenvalue weighted by molar-refractivity contribution is 0.0613. The molecule has 0 radical (unpaired) electrons. The van der Waals surface area contributed by atoms with Crippen molar-refractivity contribution >= 4 is 28.6 Å². The quantitative estimate of drug-likeness (QED) is 0.910. The van der Waals surface area contributed by atoms with Crippen molar-refractivity contribution in [2.24, 2.45) is 0 Å². The molecule has 2 aromatic rings. The number of nitrogens with zero attached hydrogens (tertiary/aromatic N) is 1. The Balaban J connectivity index is 1.84. The Morgan fingerprint density at radius 2 is 2.38 bits per heavy atom. The molecule has 110 valence electrons. The van der Waals surface area contributed by atoms with Gasteiger partial charge in [0.15, 0.2) is 0 Å². The molecule has 0 bridgehead atoms. The summed E-state index contributed by atoms with van der Waals surface area (Å²) in [6.07, 6.45) is 2.22. The number of hydrogen-bond acceptors (Lipinski definition) is 4. The van der Waals surface area contributed by atoms with Gasteiger partial charge >= 0.3 is 0 Å². The van der Waals surface area contributed by atoms with Crippen molar-refractivity contribution in [3.63, 3.8) is 0 Å². The average Bonchev–Trinajstić information content (AvgIpc) is 2.91. The monoisotopic (exact) mass is 306 g/mol. The molecule has 1 fully saturated rings. The average molecular weight is 306 g/mol. The summed E-state index contributed by atoms with van der Waals surface area (Å²) >= 11 is 1.66. The van der Waals surface area contributed by atoms with Crippen LogP contribution in [0.15, 0.2) is 30.5 Å². The number of carbonyl (C=O) groups is 1. The molecule has 1 aromatic carbocycles. The van der Waals surface area contributed by atoms with Crippen molar-refractivity contribution in [1.29, 1.82) is 0 Å². The van der Waals surface area contributed by atoms with E-state index in [0.29, 0.717) is 23.1 Å². The fraction of sp³-hybridized carbons (Fsp3) is 0.333. The number of aromatic nitrogens is 1. The van der Waals surface area contributed by atoms with E-state index >= 15 is 0 Å². The predicted octanol–water partition coefficient (Wildman–Crippen LogP) is 1.97. The van der Waals surface area contributed by atoms with E-state index in [9.17, 15) is 14.3 Å². The van der Waals surface area contributed by atoms with Gasteiger partial charge in [-0.05, 0) is 30.4 Å². The minimum atomic E-state index is -0.864. The fourth-order valence-corrected chi connectivity index (χ4v) is 3.70. The van der Waals surface area contributed by atoms with Crippen molar-refractivity contribution in [1.82, 2.24) is 10.3 Å². The molecule has 1 aliphatic heterocycles.